The van der Waals surface area contributed by atoms with E-state index in [9.17, 15) is 5.11 Å². The number of para-hydroxylation sites is 1. The highest BCUT2D eigenvalue weighted by Crippen LogP contribution is 2.08. The Labute approximate surface area is 146 Å². The molecule has 9 nitrogen and oxygen atoms in total. The van der Waals surface area contributed by atoms with Crippen LogP contribution in [0.3, 0.4) is 0 Å². The van der Waals surface area contributed by atoms with Gasteiger partial charge in [0, 0.05) is 5.69 Å². The van der Waals surface area contributed by atoms with Crippen molar-refractivity contribution in [2.24, 2.45) is 21.5 Å². The van der Waals surface area contributed by atoms with Crippen molar-refractivity contribution in [1.82, 2.24) is 0 Å². The third kappa shape index (κ3) is 9.01. The van der Waals surface area contributed by atoms with E-state index < -0.39 is 6.10 Å². The molecule has 0 aliphatic carbocycles. The lowest BCUT2D eigenvalue weighted by atomic mass is 10.3. The third-order valence-corrected chi connectivity index (χ3v) is 3.13. The Kier molecular flexibility index (Phi) is 8.13. The molecule has 2 unspecified atom stereocenters. The molecule has 0 radical (unpaired) electrons. The van der Waals surface area contributed by atoms with Crippen LogP contribution in [-0.4, -0.2) is 68.8 Å². The van der Waals surface area contributed by atoms with E-state index in [-0.39, 0.29) is 31.2 Å². The van der Waals surface area contributed by atoms with Gasteiger partial charge in [-0.15, -0.1) is 0 Å². The molecule has 9 heteroatoms. The van der Waals surface area contributed by atoms with Crippen LogP contribution in [0, 0.1) is 0 Å². The summed E-state index contributed by atoms with van der Waals surface area (Å²) in [5, 5.41) is 12.7. The van der Waals surface area contributed by atoms with Gasteiger partial charge < -0.3 is 36.1 Å². The Hall–Kier alpha value is -2.20. The number of hydrogen-bond acceptors (Lipinski definition) is 5. The van der Waals surface area contributed by atoms with Crippen molar-refractivity contribution in [3.8, 4) is 0 Å². The SMILES string of the molecule is NC(=NCC(O)COCCOCC1CO1)N=C(N)Nc1ccccc1. The highest BCUT2D eigenvalue weighted by Gasteiger charge is 2.21. The third-order valence-electron chi connectivity index (χ3n) is 3.13. The molecule has 1 aromatic rings. The van der Waals surface area contributed by atoms with Gasteiger partial charge in [0.2, 0.25) is 11.9 Å². The number of guanidine groups is 2. The molecule has 2 rings (SSSR count). The van der Waals surface area contributed by atoms with Gasteiger partial charge in [0.25, 0.3) is 0 Å². The van der Waals surface area contributed by atoms with Crippen LogP contribution in [0.2, 0.25) is 0 Å². The average molecular weight is 351 g/mol. The molecule has 1 aliphatic heterocycles. The Morgan fingerprint density at radius 3 is 2.72 bits per heavy atom. The Morgan fingerprint density at radius 1 is 1.28 bits per heavy atom. The fourth-order valence-electron chi connectivity index (χ4n) is 1.82. The summed E-state index contributed by atoms with van der Waals surface area (Å²) in [5.41, 5.74) is 12.2. The second-order valence-corrected chi connectivity index (χ2v) is 5.45. The number of anilines is 1. The number of nitrogens with one attached hydrogen (secondary N) is 1. The maximum Gasteiger partial charge on any atom is 0.218 e. The van der Waals surface area contributed by atoms with Crippen molar-refractivity contribution in [2.75, 3.05) is 44.9 Å². The Bertz CT molecular complexity index is 563. The van der Waals surface area contributed by atoms with E-state index in [0.717, 1.165) is 12.3 Å². The summed E-state index contributed by atoms with van der Waals surface area (Å²) in [6.45, 7) is 2.43. The summed E-state index contributed by atoms with van der Waals surface area (Å²) in [5.74, 6) is 0.0997. The first-order chi connectivity index (χ1) is 12.1. The predicted octanol–water partition coefficient (Wildman–Crippen LogP) is -0.479. The number of aliphatic hydroxyl groups is 1. The highest BCUT2D eigenvalue weighted by atomic mass is 16.6. The minimum absolute atomic E-state index is 0.0206. The maximum atomic E-state index is 9.78. The smallest absolute Gasteiger partial charge is 0.218 e. The van der Waals surface area contributed by atoms with E-state index in [4.69, 9.17) is 25.7 Å². The number of nitrogens with two attached hydrogens (primary N) is 2. The number of epoxide rings is 1. The molecule has 1 heterocycles. The molecule has 1 aliphatic rings. The van der Waals surface area contributed by atoms with Gasteiger partial charge in [-0.25, -0.2) is 4.99 Å². The number of ether oxygens (including phenoxy) is 3. The van der Waals surface area contributed by atoms with E-state index in [0.29, 0.717) is 19.8 Å². The first kappa shape index (κ1) is 19.1. The summed E-state index contributed by atoms with van der Waals surface area (Å²) in [7, 11) is 0. The minimum Gasteiger partial charge on any atom is -0.389 e. The van der Waals surface area contributed by atoms with Gasteiger partial charge in [0.05, 0.1) is 45.7 Å². The van der Waals surface area contributed by atoms with Gasteiger partial charge in [-0.1, -0.05) is 18.2 Å². The van der Waals surface area contributed by atoms with E-state index >= 15 is 0 Å². The van der Waals surface area contributed by atoms with Gasteiger partial charge in [-0.2, -0.15) is 4.99 Å². The van der Waals surface area contributed by atoms with Crippen LogP contribution in [0.5, 0.6) is 0 Å². The molecule has 0 amide bonds. The van der Waals surface area contributed by atoms with Crippen molar-refractivity contribution >= 4 is 17.6 Å². The Morgan fingerprint density at radius 2 is 2.00 bits per heavy atom. The zero-order chi connectivity index (χ0) is 17.9. The van der Waals surface area contributed by atoms with Crippen LogP contribution in [0.15, 0.2) is 40.3 Å². The summed E-state index contributed by atoms with van der Waals surface area (Å²) >= 11 is 0. The molecule has 1 aromatic carbocycles. The largest absolute Gasteiger partial charge is 0.389 e. The molecule has 0 saturated carbocycles. The topological polar surface area (TPSA) is 140 Å². The van der Waals surface area contributed by atoms with Crippen LogP contribution in [0.25, 0.3) is 0 Å². The van der Waals surface area contributed by atoms with E-state index in [1.165, 1.54) is 0 Å². The van der Waals surface area contributed by atoms with Crippen molar-refractivity contribution in [1.29, 1.82) is 0 Å². The molecular formula is C16H25N5O4. The van der Waals surface area contributed by atoms with Crippen molar-refractivity contribution in [2.45, 2.75) is 12.2 Å². The normalized spacial score (nSPS) is 18.8. The molecule has 0 aromatic heterocycles. The van der Waals surface area contributed by atoms with Gasteiger partial charge in [0.15, 0.2) is 0 Å². The average Bonchev–Trinajstić information content (AvgIpc) is 3.41. The number of nitrogens with zero attached hydrogens (tertiary/aromatic N) is 2. The lowest BCUT2D eigenvalue weighted by Crippen LogP contribution is -2.27. The van der Waals surface area contributed by atoms with E-state index in [2.05, 4.69) is 15.3 Å². The molecule has 1 fully saturated rings. The van der Waals surface area contributed by atoms with Gasteiger partial charge in [0.1, 0.15) is 6.10 Å². The first-order valence-electron chi connectivity index (χ1n) is 8.05. The lowest BCUT2D eigenvalue weighted by molar-refractivity contribution is 0.00440. The van der Waals surface area contributed by atoms with Crippen molar-refractivity contribution in [3.05, 3.63) is 30.3 Å². The zero-order valence-corrected chi connectivity index (χ0v) is 14.0. The molecule has 25 heavy (non-hydrogen) atoms. The minimum atomic E-state index is -0.774. The Balaban J connectivity index is 1.58. The quantitative estimate of drug-likeness (QED) is 0.193. The maximum absolute atomic E-state index is 9.78. The second-order valence-electron chi connectivity index (χ2n) is 5.45. The highest BCUT2D eigenvalue weighted by molar-refractivity contribution is 6.00. The molecule has 138 valence electrons. The summed E-state index contributed by atoms with van der Waals surface area (Å²) in [4.78, 5) is 7.88. The summed E-state index contributed by atoms with van der Waals surface area (Å²) in [6.07, 6.45) is -0.531. The van der Waals surface area contributed by atoms with Gasteiger partial charge in [-0.3, -0.25) is 0 Å². The van der Waals surface area contributed by atoms with Crippen LogP contribution < -0.4 is 16.8 Å². The van der Waals surface area contributed by atoms with E-state index in [1.807, 2.05) is 30.3 Å². The fourth-order valence-corrected chi connectivity index (χ4v) is 1.82. The number of hydrogen-bond donors (Lipinski definition) is 4. The van der Waals surface area contributed by atoms with Crippen molar-refractivity contribution < 1.29 is 19.3 Å². The van der Waals surface area contributed by atoms with Gasteiger partial charge >= 0.3 is 0 Å². The zero-order valence-electron chi connectivity index (χ0n) is 14.0. The fraction of sp³-hybridized carbons (Fsp3) is 0.500. The standard InChI is InChI=1S/C16H25N5O4/c17-15(21-16(18)20-12-4-2-1-3-5-12)19-8-13(22)9-23-6-7-24-10-14-11-25-14/h1-5,13-14,22H,6-11H2,(H5,17,18,19,20,21). The monoisotopic (exact) mass is 351 g/mol. The summed E-state index contributed by atoms with van der Waals surface area (Å²) < 4.78 is 15.6. The second kappa shape index (κ2) is 10.6. The van der Waals surface area contributed by atoms with Gasteiger partial charge in [-0.05, 0) is 12.1 Å². The molecule has 6 N–H and O–H groups in total. The first-order valence-corrected chi connectivity index (χ1v) is 8.05. The predicted molar refractivity (Wildman–Crippen MR) is 95.6 cm³/mol. The van der Waals surface area contributed by atoms with Crippen LogP contribution in [0.1, 0.15) is 0 Å². The molecule has 0 bridgehead atoms. The molecule has 1 saturated heterocycles. The number of benzene rings is 1. The molecule has 0 spiro atoms. The van der Waals surface area contributed by atoms with Crippen LogP contribution in [-0.2, 0) is 14.2 Å². The number of aliphatic imine (C=N–C) groups is 2. The van der Waals surface area contributed by atoms with Crippen LogP contribution >= 0.6 is 0 Å². The summed E-state index contributed by atoms with van der Waals surface area (Å²) in [6, 6.07) is 9.32. The van der Waals surface area contributed by atoms with Crippen molar-refractivity contribution in [3.63, 3.8) is 0 Å². The molecule has 2 atom stereocenters. The molecular weight excluding hydrogens is 326 g/mol. The number of rotatable bonds is 10. The van der Waals surface area contributed by atoms with E-state index in [1.54, 1.807) is 0 Å². The number of aliphatic hydroxyl groups excluding tert-OH is 1. The lowest BCUT2D eigenvalue weighted by Gasteiger charge is -2.09. The van der Waals surface area contributed by atoms with Crippen LogP contribution in [0.4, 0.5) is 5.69 Å².